The number of H-pyrrole nitrogens is 1. The predicted molar refractivity (Wildman–Crippen MR) is 98.1 cm³/mol. The van der Waals surface area contributed by atoms with Crippen LogP contribution in [0.25, 0.3) is 0 Å². The molecule has 1 aromatic heterocycles. The van der Waals surface area contributed by atoms with Gasteiger partial charge >= 0.3 is 6.03 Å². The van der Waals surface area contributed by atoms with E-state index < -0.39 is 0 Å². The smallest absolute Gasteiger partial charge is 0.315 e. The Labute approximate surface area is 149 Å². The van der Waals surface area contributed by atoms with E-state index in [4.69, 9.17) is 0 Å². The van der Waals surface area contributed by atoms with Crippen molar-refractivity contribution in [2.45, 2.75) is 39.9 Å². The Kier molecular flexibility index (Phi) is 5.38. The number of likely N-dealkylation sites (tertiary alicyclic amines) is 1. The Hall–Kier alpha value is -2.34. The van der Waals surface area contributed by atoms with Crippen molar-refractivity contribution >= 4 is 6.03 Å². The topological polar surface area (TPSA) is 73.0 Å². The maximum Gasteiger partial charge on any atom is 0.315 e. The Bertz CT molecular complexity index is 692. The van der Waals surface area contributed by atoms with E-state index in [0.29, 0.717) is 12.5 Å². The van der Waals surface area contributed by atoms with Gasteiger partial charge in [0.15, 0.2) is 0 Å². The normalized spacial score (nSPS) is 20.6. The minimum Gasteiger partial charge on any atom is -0.334 e. The van der Waals surface area contributed by atoms with E-state index in [1.165, 1.54) is 5.56 Å². The van der Waals surface area contributed by atoms with Crippen molar-refractivity contribution in [3.8, 4) is 0 Å². The molecule has 2 amide bonds. The number of hydrogen-bond acceptors (Lipinski definition) is 3. The van der Waals surface area contributed by atoms with E-state index in [2.05, 4.69) is 56.9 Å². The first-order valence-electron chi connectivity index (χ1n) is 8.84. The van der Waals surface area contributed by atoms with E-state index in [9.17, 15) is 4.79 Å². The van der Waals surface area contributed by atoms with Crippen LogP contribution in [0.2, 0.25) is 0 Å². The van der Waals surface area contributed by atoms with Crippen LogP contribution in [0.15, 0.2) is 30.3 Å². The molecule has 0 spiro atoms. The standard InChI is InChI=1S/C19H27N5O/c1-13-10-24(11-16-7-5-4-6-8-16)12-18(13)21-19(25)20-9-17-14(2)22-23-15(17)3/h4-8,13,18H,9-12H2,1-3H3,(H,22,23)(H2,20,21,25). The first-order valence-corrected chi connectivity index (χ1v) is 8.84. The molecule has 2 heterocycles. The zero-order chi connectivity index (χ0) is 17.8. The van der Waals surface area contributed by atoms with Gasteiger partial charge in [-0.1, -0.05) is 37.3 Å². The van der Waals surface area contributed by atoms with Gasteiger partial charge in [0.05, 0.1) is 5.69 Å². The molecule has 0 aliphatic carbocycles. The molecule has 0 saturated carbocycles. The first-order chi connectivity index (χ1) is 12.0. The number of amides is 2. The molecule has 1 saturated heterocycles. The number of benzene rings is 1. The molecular weight excluding hydrogens is 314 g/mol. The fourth-order valence-electron chi connectivity index (χ4n) is 3.45. The number of aromatic nitrogens is 2. The third-order valence-electron chi connectivity index (χ3n) is 4.96. The van der Waals surface area contributed by atoms with Gasteiger partial charge in [0.1, 0.15) is 0 Å². The zero-order valence-corrected chi connectivity index (χ0v) is 15.2. The lowest BCUT2D eigenvalue weighted by atomic mass is 10.1. The molecule has 6 heteroatoms. The Morgan fingerprint density at radius 2 is 2.04 bits per heavy atom. The van der Waals surface area contributed by atoms with Crippen LogP contribution >= 0.6 is 0 Å². The van der Waals surface area contributed by atoms with Crippen molar-refractivity contribution in [3.05, 3.63) is 52.8 Å². The fourth-order valence-corrected chi connectivity index (χ4v) is 3.45. The first kappa shape index (κ1) is 17.5. The molecule has 2 atom stereocenters. The van der Waals surface area contributed by atoms with Crippen molar-refractivity contribution in [3.63, 3.8) is 0 Å². The summed E-state index contributed by atoms with van der Waals surface area (Å²) >= 11 is 0. The van der Waals surface area contributed by atoms with Gasteiger partial charge in [-0.15, -0.1) is 0 Å². The van der Waals surface area contributed by atoms with E-state index >= 15 is 0 Å². The second kappa shape index (κ2) is 7.70. The Morgan fingerprint density at radius 3 is 2.72 bits per heavy atom. The highest BCUT2D eigenvalue weighted by Gasteiger charge is 2.30. The molecular formula is C19H27N5O. The maximum absolute atomic E-state index is 12.3. The van der Waals surface area contributed by atoms with Crippen molar-refractivity contribution < 1.29 is 4.79 Å². The van der Waals surface area contributed by atoms with Crippen LogP contribution in [0.4, 0.5) is 4.79 Å². The van der Waals surface area contributed by atoms with Crippen molar-refractivity contribution in [1.29, 1.82) is 0 Å². The molecule has 3 rings (SSSR count). The lowest BCUT2D eigenvalue weighted by Gasteiger charge is -2.18. The van der Waals surface area contributed by atoms with Crippen LogP contribution in [-0.2, 0) is 13.1 Å². The lowest BCUT2D eigenvalue weighted by molar-refractivity contribution is 0.234. The minimum absolute atomic E-state index is 0.113. The molecule has 3 N–H and O–H groups in total. The largest absolute Gasteiger partial charge is 0.334 e. The van der Waals surface area contributed by atoms with Crippen LogP contribution < -0.4 is 10.6 Å². The van der Waals surface area contributed by atoms with Gasteiger partial charge in [-0.3, -0.25) is 10.00 Å². The third kappa shape index (κ3) is 4.39. The second-order valence-electron chi connectivity index (χ2n) is 7.00. The molecule has 134 valence electrons. The van der Waals surface area contributed by atoms with E-state index in [1.807, 2.05) is 19.9 Å². The Morgan fingerprint density at radius 1 is 1.28 bits per heavy atom. The van der Waals surface area contributed by atoms with Gasteiger partial charge in [0.2, 0.25) is 0 Å². The molecule has 1 aliphatic heterocycles. The van der Waals surface area contributed by atoms with Crippen molar-refractivity contribution in [1.82, 2.24) is 25.7 Å². The molecule has 0 radical (unpaired) electrons. The molecule has 2 unspecified atom stereocenters. The highest BCUT2D eigenvalue weighted by Crippen LogP contribution is 2.19. The number of rotatable bonds is 5. The number of aromatic amines is 1. The molecule has 2 aromatic rings. The second-order valence-corrected chi connectivity index (χ2v) is 7.00. The summed E-state index contributed by atoms with van der Waals surface area (Å²) < 4.78 is 0. The van der Waals surface area contributed by atoms with Crippen LogP contribution in [0.5, 0.6) is 0 Å². The Balaban J connectivity index is 1.48. The summed E-state index contributed by atoms with van der Waals surface area (Å²) in [5.74, 6) is 0.437. The number of aryl methyl sites for hydroxylation is 2. The number of nitrogens with one attached hydrogen (secondary N) is 3. The lowest BCUT2D eigenvalue weighted by Crippen LogP contribution is -2.45. The fraction of sp³-hybridized carbons (Fsp3) is 0.474. The number of nitrogens with zero attached hydrogens (tertiary/aromatic N) is 2. The summed E-state index contributed by atoms with van der Waals surface area (Å²) in [6.07, 6.45) is 0. The van der Waals surface area contributed by atoms with Gasteiger partial charge in [-0.25, -0.2) is 4.79 Å². The predicted octanol–water partition coefficient (Wildman–Crippen LogP) is 2.35. The van der Waals surface area contributed by atoms with Crippen LogP contribution in [-0.4, -0.2) is 40.3 Å². The summed E-state index contributed by atoms with van der Waals surface area (Å²) in [5, 5.41) is 13.2. The third-order valence-corrected chi connectivity index (χ3v) is 4.96. The SMILES string of the molecule is Cc1n[nH]c(C)c1CNC(=O)NC1CN(Cc2ccccc2)CC1C. The van der Waals surface area contributed by atoms with E-state index in [1.54, 1.807) is 0 Å². The van der Waals surface area contributed by atoms with Crippen molar-refractivity contribution in [2.24, 2.45) is 5.92 Å². The quantitative estimate of drug-likeness (QED) is 0.782. The van der Waals surface area contributed by atoms with Gasteiger partial charge in [0, 0.05) is 43.5 Å². The van der Waals surface area contributed by atoms with Gasteiger partial charge in [0.25, 0.3) is 0 Å². The van der Waals surface area contributed by atoms with E-state index in [0.717, 1.165) is 36.6 Å². The monoisotopic (exact) mass is 341 g/mol. The molecule has 25 heavy (non-hydrogen) atoms. The number of carbonyl (C=O) groups excluding carboxylic acids is 1. The van der Waals surface area contributed by atoms with Gasteiger partial charge < -0.3 is 10.6 Å². The highest BCUT2D eigenvalue weighted by molar-refractivity contribution is 5.74. The maximum atomic E-state index is 12.3. The zero-order valence-electron chi connectivity index (χ0n) is 15.2. The summed E-state index contributed by atoms with van der Waals surface area (Å²) in [5.41, 5.74) is 4.30. The van der Waals surface area contributed by atoms with Gasteiger partial charge in [-0.2, -0.15) is 5.10 Å². The molecule has 1 fully saturated rings. The van der Waals surface area contributed by atoms with Crippen LogP contribution in [0, 0.1) is 19.8 Å². The molecule has 0 bridgehead atoms. The van der Waals surface area contributed by atoms with Crippen LogP contribution in [0.3, 0.4) is 0 Å². The van der Waals surface area contributed by atoms with Gasteiger partial charge in [-0.05, 0) is 25.3 Å². The molecule has 1 aromatic carbocycles. The number of hydrogen-bond donors (Lipinski definition) is 3. The summed E-state index contributed by atoms with van der Waals surface area (Å²) in [6.45, 7) is 9.41. The average molecular weight is 341 g/mol. The molecule has 1 aliphatic rings. The molecule has 6 nitrogen and oxygen atoms in total. The summed E-state index contributed by atoms with van der Waals surface area (Å²) in [6, 6.07) is 10.5. The summed E-state index contributed by atoms with van der Waals surface area (Å²) in [7, 11) is 0. The van der Waals surface area contributed by atoms with Crippen LogP contribution in [0.1, 0.15) is 29.4 Å². The highest BCUT2D eigenvalue weighted by atomic mass is 16.2. The minimum atomic E-state index is -0.113. The number of urea groups is 1. The average Bonchev–Trinajstić information content (AvgIpc) is 3.09. The number of carbonyl (C=O) groups is 1. The van der Waals surface area contributed by atoms with Crippen molar-refractivity contribution in [2.75, 3.05) is 13.1 Å². The summed E-state index contributed by atoms with van der Waals surface area (Å²) in [4.78, 5) is 14.7. The van der Waals surface area contributed by atoms with E-state index in [-0.39, 0.29) is 12.1 Å².